The maximum atomic E-state index is 12.3. The number of ether oxygens (including phenoxy) is 2. The lowest BCUT2D eigenvalue weighted by molar-refractivity contribution is -0.128. The van der Waals surface area contributed by atoms with Gasteiger partial charge in [-0.25, -0.2) is 15.0 Å². The average molecular weight is 752 g/mol. The predicted molar refractivity (Wildman–Crippen MR) is 222 cm³/mol. The van der Waals surface area contributed by atoms with E-state index in [1.165, 1.54) is 11.4 Å². The Kier molecular flexibility index (Phi) is 9.80. The first-order valence-corrected chi connectivity index (χ1v) is 19.8. The SMILES string of the molecule is C=C1CCC(Oc2ccc(N3CCN(C4CCN(c5ccc(Nc6ncc7ccc(-c8cnc9c(c8C)NCCO9)cc7n6)cc5)CC4)CC3)cc2C)C(=O)N1. The van der Waals surface area contributed by atoms with Crippen LogP contribution in [0.3, 0.4) is 0 Å². The molecule has 0 aliphatic carbocycles. The molecule has 2 aromatic heterocycles. The first kappa shape index (κ1) is 35.8. The molecule has 0 spiro atoms. The van der Waals surface area contributed by atoms with Gasteiger partial charge in [0.1, 0.15) is 18.0 Å². The van der Waals surface area contributed by atoms with Crippen molar-refractivity contribution < 1.29 is 14.3 Å². The molecule has 3 fully saturated rings. The van der Waals surface area contributed by atoms with Crippen LogP contribution in [0.15, 0.2) is 85.3 Å². The zero-order chi connectivity index (χ0) is 38.2. The minimum atomic E-state index is -0.466. The van der Waals surface area contributed by atoms with Crippen LogP contribution < -0.4 is 35.2 Å². The van der Waals surface area contributed by atoms with E-state index in [0.717, 1.165) is 121 Å². The van der Waals surface area contributed by atoms with Crippen LogP contribution in [-0.4, -0.2) is 90.3 Å². The van der Waals surface area contributed by atoms with Crippen LogP contribution in [0.4, 0.5) is 28.7 Å². The van der Waals surface area contributed by atoms with Crippen molar-refractivity contribution in [2.45, 2.75) is 51.7 Å². The number of amides is 1. The van der Waals surface area contributed by atoms with E-state index >= 15 is 0 Å². The third-order valence-electron chi connectivity index (χ3n) is 11.7. The van der Waals surface area contributed by atoms with E-state index in [4.69, 9.17) is 14.5 Å². The van der Waals surface area contributed by atoms with Crippen molar-refractivity contribution in [1.82, 2.24) is 25.2 Å². The molecule has 6 heterocycles. The quantitative estimate of drug-likeness (QED) is 0.155. The van der Waals surface area contributed by atoms with Gasteiger partial charge >= 0.3 is 0 Å². The van der Waals surface area contributed by atoms with Crippen LogP contribution in [0.25, 0.3) is 22.0 Å². The summed E-state index contributed by atoms with van der Waals surface area (Å²) in [5, 5.41) is 10.6. The zero-order valence-corrected chi connectivity index (χ0v) is 32.2. The zero-order valence-electron chi connectivity index (χ0n) is 32.2. The Bertz CT molecular complexity index is 2260. The van der Waals surface area contributed by atoms with Crippen LogP contribution in [0.2, 0.25) is 0 Å². The minimum Gasteiger partial charge on any atom is -0.480 e. The van der Waals surface area contributed by atoms with Gasteiger partial charge < -0.3 is 35.2 Å². The molecule has 4 aliphatic heterocycles. The number of piperidine rings is 2. The smallest absolute Gasteiger partial charge is 0.265 e. The van der Waals surface area contributed by atoms with Crippen molar-refractivity contribution in [3.05, 3.63) is 96.5 Å². The van der Waals surface area contributed by atoms with E-state index in [1.807, 2.05) is 18.5 Å². The Labute approximate surface area is 327 Å². The molecule has 1 unspecified atom stereocenters. The number of nitrogens with zero attached hydrogens (tertiary/aromatic N) is 6. The summed E-state index contributed by atoms with van der Waals surface area (Å²) in [5.74, 6) is 1.90. The summed E-state index contributed by atoms with van der Waals surface area (Å²) in [6.45, 7) is 15.6. The maximum absolute atomic E-state index is 12.3. The third-order valence-corrected chi connectivity index (χ3v) is 11.7. The number of aryl methyl sites for hydroxylation is 1. The summed E-state index contributed by atoms with van der Waals surface area (Å²) >= 11 is 0. The number of hydrogen-bond acceptors (Lipinski definition) is 11. The van der Waals surface area contributed by atoms with Gasteiger partial charge in [0.05, 0.1) is 5.52 Å². The normalized spacial score (nSPS) is 19.2. The minimum absolute atomic E-state index is 0.106. The summed E-state index contributed by atoms with van der Waals surface area (Å²) in [5.41, 5.74) is 10.3. The van der Waals surface area contributed by atoms with Gasteiger partial charge in [0.2, 0.25) is 11.8 Å². The van der Waals surface area contributed by atoms with Crippen LogP contribution >= 0.6 is 0 Å². The molecule has 5 aromatic rings. The molecule has 9 rings (SSSR count). The van der Waals surface area contributed by atoms with E-state index in [0.29, 0.717) is 30.9 Å². The van der Waals surface area contributed by atoms with Crippen molar-refractivity contribution in [2.24, 2.45) is 0 Å². The number of rotatable bonds is 8. The predicted octanol–water partition coefficient (Wildman–Crippen LogP) is 6.82. The van der Waals surface area contributed by atoms with E-state index in [2.05, 4.69) is 116 Å². The largest absolute Gasteiger partial charge is 0.480 e. The highest BCUT2D eigenvalue weighted by atomic mass is 16.5. The summed E-state index contributed by atoms with van der Waals surface area (Å²) in [6.07, 6.45) is 7.01. The molecule has 3 saturated heterocycles. The Morgan fingerprint density at radius 1 is 0.875 bits per heavy atom. The molecule has 1 atom stereocenters. The van der Waals surface area contributed by atoms with Gasteiger partial charge in [-0.05, 0) is 105 Å². The summed E-state index contributed by atoms with van der Waals surface area (Å²) in [7, 11) is 0. The van der Waals surface area contributed by atoms with Gasteiger partial charge in [-0.3, -0.25) is 9.69 Å². The Balaban J connectivity index is 0.765. The van der Waals surface area contributed by atoms with Crippen molar-refractivity contribution >= 4 is 45.5 Å². The fourth-order valence-corrected chi connectivity index (χ4v) is 8.46. The highest BCUT2D eigenvalue weighted by Crippen LogP contribution is 2.36. The lowest BCUT2D eigenvalue weighted by Gasteiger charge is -2.44. The number of piperazine rings is 1. The number of carbonyl (C=O) groups excluding carboxylic acids is 1. The van der Waals surface area contributed by atoms with Gasteiger partial charge in [0.15, 0.2) is 6.10 Å². The fraction of sp³-hybridized carbons (Fsp3) is 0.364. The Morgan fingerprint density at radius 2 is 1.66 bits per heavy atom. The van der Waals surface area contributed by atoms with Crippen LogP contribution in [0.5, 0.6) is 11.6 Å². The third kappa shape index (κ3) is 7.40. The van der Waals surface area contributed by atoms with Crippen molar-refractivity contribution in [3.63, 3.8) is 0 Å². The van der Waals surface area contributed by atoms with E-state index in [1.54, 1.807) is 0 Å². The van der Waals surface area contributed by atoms with Crippen LogP contribution in [0.1, 0.15) is 36.8 Å². The second kappa shape index (κ2) is 15.3. The molecule has 288 valence electrons. The lowest BCUT2D eigenvalue weighted by Crippen LogP contribution is -2.53. The molecule has 12 nitrogen and oxygen atoms in total. The van der Waals surface area contributed by atoms with Crippen molar-refractivity contribution in [2.75, 3.05) is 72.9 Å². The number of fused-ring (bicyclic) bond motifs is 2. The number of nitrogens with one attached hydrogen (secondary N) is 3. The van der Waals surface area contributed by atoms with E-state index in [-0.39, 0.29) is 5.91 Å². The molecule has 4 aliphatic rings. The molecule has 12 heteroatoms. The number of anilines is 5. The highest BCUT2D eigenvalue weighted by Gasteiger charge is 2.29. The first-order valence-electron chi connectivity index (χ1n) is 19.8. The fourth-order valence-electron chi connectivity index (χ4n) is 8.46. The average Bonchev–Trinajstić information content (AvgIpc) is 3.23. The summed E-state index contributed by atoms with van der Waals surface area (Å²) in [4.78, 5) is 34.0. The molecule has 3 N–H and O–H groups in total. The van der Waals surface area contributed by atoms with Crippen LogP contribution in [0, 0.1) is 13.8 Å². The molecule has 1 amide bonds. The summed E-state index contributed by atoms with van der Waals surface area (Å²) in [6, 6.07) is 21.8. The van der Waals surface area contributed by atoms with Crippen molar-refractivity contribution in [3.8, 4) is 22.8 Å². The molecule has 3 aromatic carbocycles. The number of benzene rings is 3. The number of pyridine rings is 1. The number of carbonyl (C=O) groups is 1. The van der Waals surface area contributed by atoms with Gasteiger partial charge in [0.25, 0.3) is 5.91 Å². The monoisotopic (exact) mass is 751 g/mol. The van der Waals surface area contributed by atoms with Crippen LogP contribution in [-0.2, 0) is 4.79 Å². The second-order valence-electron chi connectivity index (χ2n) is 15.3. The number of allylic oxidation sites excluding steroid dienone is 1. The van der Waals surface area contributed by atoms with Gasteiger partial charge in [-0.1, -0.05) is 18.7 Å². The Hall–Kier alpha value is -5.88. The molecule has 56 heavy (non-hydrogen) atoms. The number of aromatic nitrogens is 3. The topological polar surface area (TPSA) is 120 Å². The molecular weight excluding hydrogens is 703 g/mol. The first-order chi connectivity index (χ1) is 27.3. The maximum Gasteiger partial charge on any atom is 0.265 e. The molecule has 0 bridgehead atoms. The number of hydrogen-bond donors (Lipinski definition) is 3. The summed E-state index contributed by atoms with van der Waals surface area (Å²) < 4.78 is 11.8. The van der Waals surface area contributed by atoms with Gasteiger partial charge in [-0.15, -0.1) is 0 Å². The molecule has 0 radical (unpaired) electrons. The highest BCUT2D eigenvalue weighted by molar-refractivity contribution is 5.87. The standard InChI is InChI=1S/C44H49N9O3/c1-28-24-36(11-13-39(28)56-40-12-4-29(2)48-42(40)54)53-21-19-52(20-22-53)35-14-17-51(18-15-35)34-9-7-33(8-10-34)49-44-47-26-32-6-5-31(25-38(32)50-44)37-27-46-43-41(30(37)3)45-16-23-55-43/h5-11,13,24-27,35,40,45H,2,4,12,14-23H2,1,3H3,(H,48,54)(H,47,49,50). The molecule has 0 saturated carbocycles. The molecular formula is C44H49N9O3. The Morgan fingerprint density at radius 3 is 2.45 bits per heavy atom. The van der Waals surface area contributed by atoms with Crippen molar-refractivity contribution in [1.29, 1.82) is 0 Å². The van der Waals surface area contributed by atoms with E-state index < -0.39 is 6.10 Å². The van der Waals surface area contributed by atoms with Gasteiger partial charge in [0, 0.05) is 98.0 Å². The lowest BCUT2D eigenvalue weighted by atomic mass is 10.00. The van der Waals surface area contributed by atoms with E-state index in [9.17, 15) is 4.79 Å². The van der Waals surface area contributed by atoms with Gasteiger partial charge in [-0.2, -0.15) is 0 Å². The second-order valence-corrected chi connectivity index (χ2v) is 15.3.